The second kappa shape index (κ2) is 8.67. The van der Waals surface area contributed by atoms with Crippen molar-refractivity contribution >= 4 is 17.4 Å². The molecule has 0 aliphatic carbocycles. The van der Waals surface area contributed by atoms with Crippen molar-refractivity contribution in [3.05, 3.63) is 41.6 Å². The molecule has 2 heterocycles. The number of hydrogen-bond donors (Lipinski definition) is 0. The quantitative estimate of drug-likeness (QED) is 0.685. The standard InChI is InChI=1S/C21H29N3O3/c1-4-22-10-12-23(13-11-22)19-18(17-8-6-5-7-9-17)20(25)24(21(19)26)14-15-27-16(2)3/h5-9,16H,4,10-15H2,1-3H3. The summed E-state index contributed by atoms with van der Waals surface area (Å²) < 4.78 is 5.57. The smallest absolute Gasteiger partial charge is 0.277 e. The Morgan fingerprint density at radius 1 is 1.00 bits per heavy atom. The van der Waals surface area contributed by atoms with Crippen molar-refractivity contribution in [3.8, 4) is 0 Å². The van der Waals surface area contributed by atoms with Crippen LogP contribution in [0.2, 0.25) is 0 Å². The molecule has 2 aliphatic heterocycles. The first-order valence-electron chi connectivity index (χ1n) is 9.77. The van der Waals surface area contributed by atoms with Crippen LogP contribution in [0.1, 0.15) is 26.3 Å². The molecule has 6 heteroatoms. The molecule has 146 valence electrons. The fourth-order valence-corrected chi connectivity index (χ4v) is 3.59. The highest BCUT2D eigenvalue weighted by Crippen LogP contribution is 2.32. The van der Waals surface area contributed by atoms with Gasteiger partial charge in [-0.3, -0.25) is 14.5 Å². The van der Waals surface area contributed by atoms with Gasteiger partial charge in [0.05, 0.1) is 24.8 Å². The number of likely N-dealkylation sites (N-methyl/N-ethyl adjacent to an activating group) is 1. The summed E-state index contributed by atoms with van der Waals surface area (Å²) in [6, 6.07) is 9.52. The van der Waals surface area contributed by atoms with Crippen LogP contribution in [0.15, 0.2) is 36.0 Å². The number of hydrogen-bond acceptors (Lipinski definition) is 5. The lowest BCUT2D eigenvalue weighted by atomic mass is 10.0. The Labute approximate surface area is 161 Å². The number of piperazine rings is 1. The number of ether oxygens (including phenoxy) is 1. The first kappa shape index (κ1) is 19.6. The van der Waals surface area contributed by atoms with Gasteiger partial charge in [0.25, 0.3) is 11.8 Å². The van der Waals surface area contributed by atoms with E-state index < -0.39 is 0 Å². The molecular formula is C21H29N3O3. The lowest BCUT2D eigenvalue weighted by molar-refractivity contribution is -0.138. The van der Waals surface area contributed by atoms with Crippen LogP contribution >= 0.6 is 0 Å². The van der Waals surface area contributed by atoms with E-state index in [1.165, 1.54) is 4.90 Å². The van der Waals surface area contributed by atoms with E-state index >= 15 is 0 Å². The van der Waals surface area contributed by atoms with Gasteiger partial charge in [-0.15, -0.1) is 0 Å². The molecule has 1 fully saturated rings. The maximum absolute atomic E-state index is 13.2. The maximum Gasteiger partial charge on any atom is 0.277 e. The van der Waals surface area contributed by atoms with Crippen molar-refractivity contribution in [2.24, 2.45) is 0 Å². The van der Waals surface area contributed by atoms with Gasteiger partial charge in [0.1, 0.15) is 5.70 Å². The first-order valence-corrected chi connectivity index (χ1v) is 9.77. The predicted octanol–water partition coefficient (Wildman–Crippen LogP) is 1.83. The minimum atomic E-state index is -0.216. The molecule has 0 aromatic heterocycles. The number of imide groups is 1. The third kappa shape index (κ3) is 4.22. The van der Waals surface area contributed by atoms with Crippen molar-refractivity contribution in [2.75, 3.05) is 45.9 Å². The van der Waals surface area contributed by atoms with Crippen LogP contribution in [0.3, 0.4) is 0 Å². The molecular weight excluding hydrogens is 342 g/mol. The van der Waals surface area contributed by atoms with E-state index in [0.717, 1.165) is 38.3 Å². The van der Waals surface area contributed by atoms with Gasteiger partial charge in [0.2, 0.25) is 0 Å². The first-order chi connectivity index (χ1) is 13.0. The molecule has 27 heavy (non-hydrogen) atoms. The number of carbonyl (C=O) groups is 2. The van der Waals surface area contributed by atoms with Crippen LogP contribution in [-0.4, -0.2) is 78.5 Å². The minimum absolute atomic E-state index is 0.0703. The summed E-state index contributed by atoms with van der Waals surface area (Å²) >= 11 is 0. The van der Waals surface area contributed by atoms with E-state index in [2.05, 4.69) is 16.7 Å². The average molecular weight is 371 g/mol. The maximum atomic E-state index is 13.2. The fourth-order valence-electron chi connectivity index (χ4n) is 3.59. The highest BCUT2D eigenvalue weighted by atomic mass is 16.5. The van der Waals surface area contributed by atoms with E-state index in [-0.39, 0.29) is 24.5 Å². The van der Waals surface area contributed by atoms with E-state index in [1.54, 1.807) is 0 Å². The number of carbonyl (C=O) groups excluding carboxylic acids is 2. The van der Waals surface area contributed by atoms with Crippen molar-refractivity contribution in [2.45, 2.75) is 26.9 Å². The summed E-state index contributed by atoms with van der Waals surface area (Å²) in [5.74, 6) is -0.414. The third-order valence-electron chi connectivity index (χ3n) is 5.11. The molecule has 6 nitrogen and oxygen atoms in total. The third-order valence-corrected chi connectivity index (χ3v) is 5.11. The van der Waals surface area contributed by atoms with Crippen LogP contribution in [0.4, 0.5) is 0 Å². The second-order valence-corrected chi connectivity index (χ2v) is 7.19. The molecule has 1 aromatic carbocycles. The molecule has 0 spiro atoms. The summed E-state index contributed by atoms with van der Waals surface area (Å²) in [5, 5.41) is 0. The molecule has 0 N–H and O–H groups in total. The van der Waals surface area contributed by atoms with Gasteiger partial charge in [-0.2, -0.15) is 0 Å². The monoisotopic (exact) mass is 371 g/mol. The lowest BCUT2D eigenvalue weighted by Gasteiger charge is -2.36. The lowest BCUT2D eigenvalue weighted by Crippen LogP contribution is -2.47. The zero-order valence-electron chi connectivity index (χ0n) is 16.5. The van der Waals surface area contributed by atoms with E-state index in [4.69, 9.17) is 4.74 Å². The highest BCUT2D eigenvalue weighted by Gasteiger charge is 2.41. The SMILES string of the molecule is CCN1CCN(C2=C(c3ccccc3)C(=O)N(CCOC(C)C)C2=O)CC1. The highest BCUT2D eigenvalue weighted by molar-refractivity contribution is 6.35. The van der Waals surface area contributed by atoms with E-state index in [0.29, 0.717) is 17.9 Å². The Balaban J connectivity index is 1.88. The Morgan fingerprint density at radius 2 is 1.67 bits per heavy atom. The van der Waals surface area contributed by atoms with Crippen LogP contribution in [0.25, 0.3) is 5.57 Å². The van der Waals surface area contributed by atoms with Crippen LogP contribution in [-0.2, 0) is 14.3 Å². The zero-order chi connectivity index (χ0) is 19.4. The normalized spacial score (nSPS) is 19.0. The van der Waals surface area contributed by atoms with Crippen LogP contribution in [0.5, 0.6) is 0 Å². The molecule has 0 atom stereocenters. The Morgan fingerprint density at radius 3 is 2.26 bits per heavy atom. The zero-order valence-corrected chi connectivity index (χ0v) is 16.5. The minimum Gasteiger partial charge on any atom is -0.377 e. The number of amides is 2. The average Bonchev–Trinajstić information content (AvgIpc) is 2.93. The van der Waals surface area contributed by atoms with Crippen LogP contribution < -0.4 is 0 Å². The summed E-state index contributed by atoms with van der Waals surface area (Å²) in [5.41, 5.74) is 1.87. The molecule has 2 amide bonds. The Kier molecular flexibility index (Phi) is 6.29. The largest absolute Gasteiger partial charge is 0.377 e. The molecule has 3 rings (SSSR count). The molecule has 2 aliphatic rings. The van der Waals surface area contributed by atoms with E-state index in [9.17, 15) is 9.59 Å². The molecule has 1 aromatic rings. The van der Waals surface area contributed by atoms with Gasteiger partial charge in [-0.1, -0.05) is 37.3 Å². The summed E-state index contributed by atoms with van der Waals surface area (Å²) in [6.07, 6.45) is 0.0703. The molecule has 1 saturated heterocycles. The predicted molar refractivity (Wildman–Crippen MR) is 105 cm³/mol. The number of rotatable bonds is 7. The number of nitrogens with zero attached hydrogens (tertiary/aromatic N) is 3. The molecule has 0 unspecified atom stereocenters. The Bertz CT molecular complexity index is 707. The topological polar surface area (TPSA) is 53.1 Å². The van der Waals surface area contributed by atoms with Crippen molar-refractivity contribution < 1.29 is 14.3 Å². The van der Waals surface area contributed by atoms with Crippen molar-refractivity contribution in [1.29, 1.82) is 0 Å². The second-order valence-electron chi connectivity index (χ2n) is 7.19. The summed E-state index contributed by atoms with van der Waals surface area (Å²) in [6.45, 7) is 11.0. The van der Waals surface area contributed by atoms with Gasteiger partial charge in [0, 0.05) is 26.2 Å². The molecule has 0 saturated carbocycles. The fraction of sp³-hybridized carbons (Fsp3) is 0.524. The van der Waals surface area contributed by atoms with Crippen LogP contribution in [0, 0.1) is 0 Å². The van der Waals surface area contributed by atoms with Gasteiger partial charge in [-0.25, -0.2) is 0 Å². The van der Waals surface area contributed by atoms with Crippen molar-refractivity contribution in [1.82, 2.24) is 14.7 Å². The van der Waals surface area contributed by atoms with E-state index in [1.807, 2.05) is 44.2 Å². The Hall–Kier alpha value is -2.18. The van der Waals surface area contributed by atoms with Gasteiger partial charge in [-0.05, 0) is 26.0 Å². The van der Waals surface area contributed by atoms with Gasteiger partial charge >= 0.3 is 0 Å². The van der Waals surface area contributed by atoms with Crippen molar-refractivity contribution in [3.63, 3.8) is 0 Å². The summed E-state index contributed by atoms with van der Waals surface area (Å²) in [4.78, 5) is 32.1. The number of benzene rings is 1. The molecule has 0 radical (unpaired) electrons. The van der Waals surface area contributed by atoms with Gasteiger partial charge in [0.15, 0.2) is 0 Å². The summed E-state index contributed by atoms with van der Waals surface area (Å²) in [7, 11) is 0. The van der Waals surface area contributed by atoms with Gasteiger partial charge < -0.3 is 14.5 Å². The molecule has 0 bridgehead atoms.